The molecule has 10 heteroatoms. The predicted octanol–water partition coefficient (Wildman–Crippen LogP) is -3.10. The van der Waals surface area contributed by atoms with Gasteiger partial charge in [-0.15, -0.1) is 0 Å². The average molecular weight is 376 g/mol. The maximum atomic E-state index is 10.5. The Morgan fingerprint density at radius 2 is 1.81 bits per heavy atom. The molecule has 4 aliphatic heterocycles. The van der Waals surface area contributed by atoms with Crippen molar-refractivity contribution < 1.29 is 49.2 Å². The quantitative estimate of drug-likeness (QED) is 0.320. The molecular weight excluding hydrogens is 352 g/mol. The lowest BCUT2D eigenvalue weighted by Crippen LogP contribution is -2.61. The lowest BCUT2D eigenvalue weighted by Gasteiger charge is -2.45. The van der Waals surface area contributed by atoms with Gasteiger partial charge >= 0.3 is 0 Å². The molecular formula is C16H24O10. The Bertz CT molecular complexity index is 573. The standard InChI is InChI=1S/C16H24O10/c1-16-7-6-4(3-22-11(6)12(16)26-16)14(24-13(7)21)25-15-10(20)9(19)8(18)5(2-17)23-15/h4-15,17-21H,2-3H2,1H3/t4-,5+,6+,7+,8+,9-,10+,11+,12+,13+,14-,15-,16-/m0/s1. The number of hydrogen-bond acceptors (Lipinski definition) is 10. The molecule has 1 aliphatic carbocycles. The van der Waals surface area contributed by atoms with Gasteiger partial charge in [0, 0.05) is 17.8 Å². The minimum absolute atomic E-state index is 0.00242. The van der Waals surface area contributed by atoms with Crippen LogP contribution < -0.4 is 0 Å². The van der Waals surface area contributed by atoms with E-state index in [1.807, 2.05) is 6.92 Å². The maximum Gasteiger partial charge on any atom is 0.189 e. The number of aliphatic hydroxyl groups is 5. The second-order valence-electron chi connectivity index (χ2n) is 8.02. The Balaban J connectivity index is 1.34. The van der Waals surface area contributed by atoms with Crippen LogP contribution in [-0.2, 0) is 23.7 Å². The van der Waals surface area contributed by atoms with E-state index in [0.29, 0.717) is 6.61 Å². The predicted molar refractivity (Wildman–Crippen MR) is 79.2 cm³/mol. The van der Waals surface area contributed by atoms with E-state index in [2.05, 4.69) is 0 Å². The van der Waals surface area contributed by atoms with Gasteiger partial charge in [0.15, 0.2) is 18.9 Å². The van der Waals surface area contributed by atoms with Crippen LogP contribution in [0.15, 0.2) is 0 Å². The summed E-state index contributed by atoms with van der Waals surface area (Å²) in [6, 6.07) is 0. The summed E-state index contributed by atoms with van der Waals surface area (Å²) in [6.45, 7) is 1.75. The van der Waals surface area contributed by atoms with Crippen molar-refractivity contribution in [3.05, 3.63) is 0 Å². The molecule has 0 spiro atoms. The minimum Gasteiger partial charge on any atom is -0.394 e. The number of fused-ring (bicyclic) bond motifs is 3. The Hall–Kier alpha value is -0.400. The van der Waals surface area contributed by atoms with Crippen LogP contribution in [0.5, 0.6) is 0 Å². The SMILES string of the molecule is C[C@@]12O[C@@H]1[C@@H]1OC[C@@H]3[C@H](O[C@@H]4O[C@H](CO)[C@@H](O)[C@H](O)[C@H]4O)O[C@@H](O)[C@H]2[C@@H]31. The number of aliphatic hydroxyl groups excluding tert-OH is 5. The molecule has 5 fully saturated rings. The van der Waals surface area contributed by atoms with E-state index in [9.17, 15) is 25.5 Å². The van der Waals surface area contributed by atoms with Crippen LogP contribution in [-0.4, -0.2) is 99.8 Å². The van der Waals surface area contributed by atoms with Crippen molar-refractivity contribution in [2.45, 2.75) is 68.0 Å². The second-order valence-corrected chi connectivity index (χ2v) is 8.02. The fourth-order valence-electron chi connectivity index (χ4n) is 5.23. The summed E-state index contributed by atoms with van der Waals surface area (Å²) in [5.74, 6) is -0.411. The molecule has 13 atom stereocenters. The summed E-state index contributed by atoms with van der Waals surface area (Å²) >= 11 is 0. The Morgan fingerprint density at radius 3 is 2.54 bits per heavy atom. The normalized spacial score (nSPS) is 63.5. The lowest BCUT2D eigenvalue weighted by molar-refractivity contribution is -0.379. The summed E-state index contributed by atoms with van der Waals surface area (Å²) in [6.07, 6.45) is -9.14. The fraction of sp³-hybridized carbons (Fsp3) is 1.00. The van der Waals surface area contributed by atoms with Crippen molar-refractivity contribution in [2.24, 2.45) is 17.8 Å². The number of epoxide rings is 1. The fourth-order valence-corrected chi connectivity index (χ4v) is 5.23. The largest absolute Gasteiger partial charge is 0.394 e. The first kappa shape index (κ1) is 17.7. The highest BCUT2D eigenvalue weighted by atomic mass is 16.8. The third kappa shape index (κ3) is 2.23. The van der Waals surface area contributed by atoms with Crippen LogP contribution in [0.1, 0.15) is 6.92 Å². The van der Waals surface area contributed by atoms with E-state index in [1.165, 1.54) is 0 Å². The maximum absolute atomic E-state index is 10.5. The van der Waals surface area contributed by atoms with Crippen molar-refractivity contribution >= 4 is 0 Å². The highest BCUT2D eigenvalue weighted by molar-refractivity contribution is 5.22. The molecule has 0 aromatic rings. The van der Waals surface area contributed by atoms with Gasteiger partial charge in [-0.1, -0.05) is 0 Å². The highest BCUT2D eigenvalue weighted by Gasteiger charge is 2.78. The molecule has 0 radical (unpaired) electrons. The Labute approximate surface area is 149 Å². The van der Waals surface area contributed by atoms with Gasteiger partial charge < -0.3 is 49.2 Å². The van der Waals surface area contributed by atoms with E-state index >= 15 is 0 Å². The Morgan fingerprint density at radius 1 is 1.04 bits per heavy atom. The second kappa shape index (κ2) is 5.80. The zero-order valence-corrected chi connectivity index (χ0v) is 14.1. The molecule has 1 saturated carbocycles. The van der Waals surface area contributed by atoms with E-state index in [4.69, 9.17) is 23.7 Å². The third-order valence-corrected chi connectivity index (χ3v) is 6.67. The van der Waals surface area contributed by atoms with Gasteiger partial charge in [0.05, 0.1) is 19.3 Å². The number of ether oxygens (including phenoxy) is 5. The number of hydrogen-bond donors (Lipinski definition) is 5. The van der Waals surface area contributed by atoms with Crippen molar-refractivity contribution in [1.29, 1.82) is 0 Å². The van der Waals surface area contributed by atoms with E-state index < -0.39 is 55.5 Å². The Kier molecular flexibility index (Phi) is 3.94. The zero-order chi connectivity index (χ0) is 18.4. The molecule has 4 saturated heterocycles. The summed E-state index contributed by atoms with van der Waals surface area (Å²) in [5, 5.41) is 49.7. The van der Waals surface area contributed by atoms with Crippen LogP contribution in [0.3, 0.4) is 0 Å². The van der Waals surface area contributed by atoms with E-state index in [1.54, 1.807) is 0 Å². The topological polar surface area (TPSA) is 151 Å². The van der Waals surface area contributed by atoms with Crippen LogP contribution in [0, 0.1) is 17.8 Å². The zero-order valence-electron chi connectivity index (χ0n) is 14.1. The smallest absolute Gasteiger partial charge is 0.189 e. The van der Waals surface area contributed by atoms with Gasteiger partial charge in [0.2, 0.25) is 0 Å². The first-order valence-corrected chi connectivity index (χ1v) is 8.95. The van der Waals surface area contributed by atoms with Crippen LogP contribution >= 0.6 is 0 Å². The van der Waals surface area contributed by atoms with Gasteiger partial charge in [-0.05, 0) is 6.92 Å². The van der Waals surface area contributed by atoms with Gasteiger partial charge in [0.1, 0.15) is 36.1 Å². The van der Waals surface area contributed by atoms with E-state index in [0.717, 1.165) is 0 Å². The molecule has 4 heterocycles. The molecule has 0 amide bonds. The van der Waals surface area contributed by atoms with Gasteiger partial charge in [-0.2, -0.15) is 0 Å². The van der Waals surface area contributed by atoms with E-state index in [-0.39, 0.29) is 30.0 Å². The highest BCUT2D eigenvalue weighted by Crippen LogP contribution is 2.64. The minimum atomic E-state index is -1.54. The van der Waals surface area contributed by atoms with Crippen molar-refractivity contribution in [3.63, 3.8) is 0 Å². The first-order valence-electron chi connectivity index (χ1n) is 8.95. The van der Waals surface area contributed by atoms with Gasteiger partial charge in [0.25, 0.3) is 0 Å². The summed E-state index contributed by atoms with van der Waals surface area (Å²) in [4.78, 5) is 0. The van der Waals surface area contributed by atoms with Crippen LogP contribution in [0.4, 0.5) is 0 Å². The molecule has 0 aromatic carbocycles. The first-order chi connectivity index (χ1) is 12.4. The third-order valence-electron chi connectivity index (χ3n) is 6.67. The van der Waals surface area contributed by atoms with Crippen molar-refractivity contribution in [2.75, 3.05) is 13.2 Å². The van der Waals surface area contributed by atoms with Crippen LogP contribution in [0.2, 0.25) is 0 Å². The summed E-state index contributed by atoms with van der Waals surface area (Å²) in [7, 11) is 0. The number of rotatable bonds is 3. The van der Waals surface area contributed by atoms with Crippen LogP contribution in [0.25, 0.3) is 0 Å². The molecule has 5 rings (SSSR count). The van der Waals surface area contributed by atoms with Gasteiger partial charge in [-0.3, -0.25) is 0 Å². The van der Waals surface area contributed by atoms with Crippen molar-refractivity contribution in [3.8, 4) is 0 Å². The lowest BCUT2D eigenvalue weighted by atomic mass is 9.78. The van der Waals surface area contributed by atoms with Gasteiger partial charge in [-0.25, -0.2) is 0 Å². The monoisotopic (exact) mass is 376 g/mol. The average Bonchev–Trinajstić information content (AvgIpc) is 2.99. The molecule has 10 nitrogen and oxygen atoms in total. The molecule has 5 aliphatic rings. The van der Waals surface area contributed by atoms with Crippen molar-refractivity contribution in [1.82, 2.24) is 0 Å². The molecule has 26 heavy (non-hydrogen) atoms. The molecule has 0 aromatic heterocycles. The summed E-state index contributed by atoms with van der Waals surface area (Å²) < 4.78 is 28.3. The molecule has 0 bridgehead atoms. The summed E-state index contributed by atoms with van der Waals surface area (Å²) in [5.41, 5.74) is -0.457. The molecule has 5 N–H and O–H groups in total. The molecule has 148 valence electrons. The molecule has 0 unspecified atom stereocenters.